The predicted octanol–water partition coefficient (Wildman–Crippen LogP) is 3.50. The van der Waals surface area contributed by atoms with E-state index in [9.17, 15) is 9.90 Å². The summed E-state index contributed by atoms with van der Waals surface area (Å²) in [5.41, 5.74) is 1.63. The molecule has 0 radical (unpaired) electrons. The quantitative estimate of drug-likeness (QED) is 0.451. The van der Waals surface area contributed by atoms with Crippen molar-refractivity contribution in [1.82, 2.24) is 15.3 Å². The minimum atomic E-state index is -0.0712. The Morgan fingerprint density at radius 2 is 1.66 bits per heavy atom. The minimum Gasteiger partial charge on any atom is -0.502 e. The molecule has 3 aromatic rings. The Balaban J connectivity index is 1.33. The smallest absolute Gasteiger partial charge is 0.225 e. The van der Waals surface area contributed by atoms with Crippen LogP contribution in [0.2, 0.25) is 0 Å². The first-order chi connectivity index (χ1) is 16.9. The van der Waals surface area contributed by atoms with Crippen LogP contribution in [0.25, 0.3) is 10.9 Å². The molecule has 4 rings (SSSR count). The first-order valence-corrected chi connectivity index (χ1v) is 11.8. The molecule has 1 aliphatic rings. The summed E-state index contributed by atoms with van der Waals surface area (Å²) >= 11 is 0. The van der Waals surface area contributed by atoms with Gasteiger partial charge in [-0.3, -0.25) is 4.79 Å². The molecule has 1 aliphatic carbocycles. The van der Waals surface area contributed by atoms with E-state index >= 15 is 0 Å². The molecule has 0 bridgehead atoms. The molecule has 2 aromatic carbocycles. The fourth-order valence-corrected chi connectivity index (χ4v) is 4.54. The lowest BCUT2D eigenvalue weighted by molar-refractivity contribution is -0.121. The monoisotopic (exact) mass is 479 g/mol. The zero-order valence-corrected chi connectivity index (χ0v) is 20.7. The van der Waals surface area contributed by atoms with Crippen LogP contribution in [-0.2, 0) is 11.2 Å². The number of phenols is 1. The Hall–Kier alpha value is -3.75. The largest absolute Gasteiger partial charge is 0.502 e. The van der Waals surface area contributed by atoms with E-state index in [1.807, 2.05) is 43.3 Å². The fourth-order valence-electron chi connectivity index (χ4n) is 4.54. The van der Waals surface area contributed by atoms with Gasteiger partial charge in [0.15, 0.2) is 11.5 Å². The molecule has 9 heteroatoms. The van der Waals surface area contributed by atoms with Gasteiger partial charge in [-0.2, -0.15) is 4.98 Å². The van der Waals surface area contributed by atoms with Crippen molar-refractivity contribution in [3.05, 3.63) is 42.0 Å². The molecule has 0 spiro atoms. The fraction of sp³-hybridized carbons (Fsp3) is 0.423. The number of aromatic hydroxyl groups is 1. The number of amides is 1. The number of hydrogen-bond donors (Lipinski definition) is 3. The minimum absolute atomic E-state index is 0.0651. The lowest BCUT2D eigenvalue weighted by Crippen LogP contribution is -2.40. The van der Waals surface area contributed by atoms with Crippen molar-refractivity contribution in [3.8, 4) is 17.2 Å². The van der Waals surface area contributed by atoms with Crippen molar-refractivity contribution in [3.63, 3.8) is 0 Å². The Labute approximate surface area is 205 Å². The van der Waals surface area contributed by atoms with E-state index in [1.54, 1.807) is 12.1 Å². The molecule has 0 saturated heterocycles. The summed E-state index contributed by atoms with van der Waals surface area (Å²) in [6.07, 6.45) is 3.77. The van der Waals surface area contributed by atoms with Crippen molar-refractivity contribution >= 4 is 28.6 Å². The molecule has 0 unspecified atom stereocenters. The number of nitrogens with zero attached hydrogens (tertiary/aromatic N) is 3. The SMILES string of the molecule is COc1cc(CC(=O)NC2CCC(Nc3nc(N(C)C)c4ccccc4n3)CC2)cc(OC)c1O. The standard InChI is InChI=1S/C26H33N5O4/c1-31(2)25-19-7-5-6-8-20(19)29-26(30-25)28-18-11-9-17(10-12-18)27-23(32)15-16-13-21(34-3)24(33)22(14-16)35-4/h5-8,13-14,17-18,33H,9-12,15H2,1-4H3,(H,27,32)(H,28,29,30). The number of phenolic OH excluding ortho intramolecular Hbond substituents is 1. The Bertz CT molecular complexity index is 1170. The van der Waals surface area contributed by atoms with Crippen molar-refractivity contribution in [2.24, 2.45) is 0 Å². The summed E-state index contributed by atoms with van der Waals surface area (Å²) in [5, 5.41) is 17.7. The second-order valence-electron chi connectivity index (χ2n) is 9.07. The molecule has 1 saturated carbocycles. The van der Waals surface area contributed by atoms with Gasteiger partial charge in [-0.05, 0) is 55.5 Å². The van der Waals surface area contributed by atoms with Crippen molar-refractivity contribution < 1.29 is 19.4 Å². The highest BCUT2D eigenvalue weighted by molar-refractivity contribution is 5.90. The van der Waals surface area contributed by atoms with E-state index in [2.05, 4.69) is 10.6 Å². The van der Waals surface area contributed by atoms with Gasteiger partial charge in [-0.1, -0.05) is 12.1 Å². The van der Waals surface area contributed by atoms with E-state index in [1.165, 1.54) is 14.2 Å². The van der Waals surface area contributed by atoms with E-state index in [4.69, 9.17) is 19.4 Å². The molecule has 35 heavy (non-hydrogen) atoms. The van der Waals surface area contributed by atoms with Crippen LogP contribution in [0.3, 0.4) is 0 Å². The zero-order valence-electron chi connectivity index (χ0n) is 20.7. The summed E-state index contributed by atoms with van der Waals surface area (Å²) in [6.45, 7) is 0. The van der Waals surface area contributed by atoms with Crippen LogP contribution < -0.4 is 25.0 Å². The Morgan fingerprint density at radius 1 is 1.03 bits per heavy atom. The zero-order chi connectivity index (χ0) is 24.9. The van der Waals surface area contributed by atoms with Gasteiger partial charge < -0.3 is 30.1 Å². The highest BCUT2D eigenvalue weighted by Gasteiger charge is 2.24. The van der Waals surface area contributed by atoms with Gasteiger partial charge in [-0.15, -0.1) is 0 Å². The maximum absolute atomic E-state index is 12.7. The third-order valence-electron chi connectivity index (χ3n) is 6.34. The summed E-state index contributed by atoms with van der Waals surface area (Å²) in [5.74, 6) is 1.96. The topological polar surface area (TPSA) is 109 Å². The summed E-state index contributed by atoms with van der Waals surface area (Å²) in [7, 11) is 6.90. The Kier molecular flexibility index (Phi) is 7.43. The molecular weight excluding hydrogens is 446 g/mol. The van der Waals surface area contributed by atoms with E-state index in [0.29, 0.717) is 5.95 Å². The number of rotatable bonds is 8. The number of nitrogens with one attached hydrogen (secondary N) is 2. The first-order valence-electron chi connectivity index (χ1n) is 11.8. The summed E-state index contributed by atoms with van der Waals surface area (Å²) in [4.78, 5) is 24.1. The number of carbonyl (C=O) groups excluding carboxylic acids is 1. The first kappa shape index (κ1) is 24.4. The second kappa shape index (κ2) is 10.7. The van der Waals surface area contributed by atoms with Gasteiger partial charge in [0, 0.05) is 31.6 Å². The van der Waals surface area contributed by atoms with Crippen molar-refractivity contribution in [1.29, 1.82) is 0 Å². The third-order valence-corrected chi connectivity index (χ3v) is 6.34. The van der Waals surface area contributed by atoms with Crippen molar-refractivity contribution in [2.45, 2.75) is 44.2 Å². The third kappa shape index (κ3) is 5.67. The van der Waals surface area contributed by atoms with Crippen LogP contribution in [0.4, 0.5) is 11.8 Å². The predicted molar refractivity (Wildman–Crippen MR) is 137 cm³/mol. The van der Waals surface area contributed by atoms with Crippen LogP contribution >= 0.6 is 0 Å². The number of fused-ring (bicyclic) bond motifs is 1. The lowest BCUT2D eigenvalue weighted by Gasteiger charge is -2.30. The number of aromatic nitrogens is 2. The number of benzene rings is 2. The van der Waals surface area contributed by atoms with Gasteiger partial charge in [0.1, 0.15) is 5.82 Å². The van der Waals surface area contributed by atoms with Crippen LogP contribution in [0, 0.1) is 0 Å². The van der Waals surface area contributed by atoms with Gasteiger partial charge >= 0.3 is 0 Å². The highest BCUT2D eigenvalue weighted by atomic mass is 16.5. The van der Waals surface area contributed by atoms with Crippen LogP contribution in [0.5, 0.6) is 17.2 Å². The lowest BCUT2D eigenvalue weighted by atomic mass is 9.91. The molecule has 1 aromatic heterocycles. The number of anilines is 2. The maximum atomic E-state index is 12.7. The molecule has 0 aliphatic heterocycles. The maximum Gasteiger partial charge on any atom is 0.225 e. The average Bonchev–Trinajstić information content (AvgIpc) is 2.85. The molecule has 186 valence electrons. The Morgan fingerprint density at radius 3 is 2.29 bits per heavy atom. The number of ether oxygens (including phenoxy) is 2. The van der Waals surface area contributed by atoms with Gasteiger partial charge in [0.2, 0.25) is 17.6 Å². The van der Waals surface area contributed by atoms with Crippen LogP contribution in [-0.4, -0.2) is 61.4 Å². The van der Waals surface area contributed by atoms with Gasteiger partial charge in [-0.25, -0.2) is 4.98 Å². The number of para-hydroxylation sites is 1. The molecule has 0 atom stereocenters. The number of hydrogen-bond acceptors (Lipinski definition) is 8. The summed E-state index contributed by atoms with van der Waals surface area (Å²) < 4.78 is 10.4. The molecule has 3 N–H and O–H groups in total. The number of methoxy groups -OCH3 is 2. The highest BCUT2D eigenvalue weighted by Crippen LogP contribution is 2.37. The van der Waals surface area contributed by atoms with Crippen molar-refractivity contribution in [2.75, 3.05) is 38.5 Å². The van der Waals surface area contributed by atoms with Gasteiger partial charge in [0.25, 0.3) is 0 Å². The van der Waals surface area contributed by atoms with E-state index in [-0.39, 0.29) is 41.7 Å². The normalized spacial score (nSPS) is 17.6. The molecular formula is C26H33N5O4. The molecule has 1 amide bonds. The average molecular weight is 480 g/mol. The van der Waals surface area contributed by atoms with E-state index in [0.717, 1.165) is 48.0 Å². The molecule has 1 fully saturated rings. The summed E-state index contributed by atoms with van der Waals surface area (Å²) in [6, 6.07) is 11.7. The molecule has 1 heterocycles. The van der Waals surface area contributed by atoms with Crippen LogP contribution in [0.15, 0.2) is 36.4 Å². The number of carbonyl (C=O) groups is 1. The van der Waals surface area contributed by atoms with Gasteiger partial charge in [0.05, 0.1) is 26.2 Å². The second-order valence-corrected chi connectivity index (χ2v) is 9.07. The van der Waals surface area contributed by atoms with Crippen LogP contribution in [0.1, 0.15) is 31.2 Å². The molecule has 9 nitrogen and oxygen atoms in total. The van der Waals surface area contributed by atoms with E-state index < -0.39 is 0 Å².